The van der Waals surface area contributed by atoms with E-state index in [1.807, 2.05) is 18.2 Å². The predicted molar refractivity (Wildman–Crippen MR) is 357 cm³/mol. The zero-order chi connectivity index (χ0) is 59.3. The quantitative estimate of drug-likeness (QED) is 0.0214. The number of hydrogen-bond acceptors (Lipinski definition) is 6. The molecular weight excluding hydrogens is 1040 g/mol. The molecule has 462 valence electrons. The molecule has 0 atom stereocenters. The van der Waals surface area contributed by atoms with Crippen LogP contribution < -0.4 is 0 Å². The molecule has 0 amide bonds. The number of benzene rings is 4. The highest BCUT2D eigenvalue weighted by molar-refractivity contribution is 6.40. The second-order valence-corrected chi connectivity index (χ2v) is 24.8. The van der Waals surface area contributed by atoms with Crippen molar-refractivity contribution in [3.63, 3.8) is 0 Å². The van der Waals surface area contributed by atoms with Crippen molar-refractivity contribution in [2.24, 2.45) is 0 Å². The molecule has 3 heterocycles. The van der Waals surface area contributed by atoms with Crippen LogP contribution in [0.5, 0.6) is 0 Å². The van der Waals surface area contributed by atoms with Gasteiger partial charge in [-0.15, -0.1) is 0 Å². The van der Waals surface area contributed by atoms with Gasteiger partial charge < -0.3 is 27.9 Å². The second-order valence-electron chi connectivity index (χ2n) is 24.8. The van der Waals surface area contributed by atoms with Gasteiger partial charge in [0.25, 0.3) is 0 Å². The smallest absolute Gasteiger partial charge is 0.338 e. The largest absolute Gasteiger partial charge is 0.462 e. The Hall–Kier alpha value is -5.31. The molecule has 9 heteroatoms. The molecule has 0 N–H and O–H groups in total. The zero-order valence-electron chi connectivity index (χ0n) is 53.7. The second kappa shape index (κ2) is 36.6. The SMILES string of the molecule is CCCCCCCCOC(=O)c1ccc2c(c1)c1c(c3c4cc(C(=O)OCCCCCCCC)ccc4n(CCCCCCCC)c3c3c4cc(C(=O)OCCCCCCCC)ccc4n(CCCCCCCC)c13)n2CCCCCCCC. The monoisotopic (exact) mass is 1150 g/mol. The number of hydrogen-bond donors (Lipinski definition) is 0. The van der Waals surface area contributed by atoms with E-state index in [9.17, 15) is 14.4 Å². The van der Waals surface area contributed by atoms with E-state index in [0.717, 1.165) is 181 Å². The number of rotatable bonds is 45. The molecule has 0 spiro atoms. The first-order valence-corrected chi connectivity index (χ1v) is 34.8. The minimum absolute atomic E-state index is 0.281. The maximum Gasteiger partial charge on any atom is 0.338 e. The molecule has 0 saturated carbocycles. The normalized spacial score (nSPS) is 11.9. The van der Waals surface area contributed by atoms with Gasteiger partial charge in [0.15, 0.2) is 0 Å². The van der Waals surface area contributed by atoms with Crippen molar-refractivity contribution in [2.45, 2.75) is 292 Å². The molecule has 0 aliphatic rings. The number of nitrogens with zero attached hydrogens (tertiary/aromatic N) is 3. The summed E-state index contributed by atoms with van der Waals surface area (Å²) in [7, 11) is 0. The van der Waals surface area contributed by atoms with E-state index >= 15 is 0 Å². The van der Waals surface area contributed by atoms with Gasteiger partial charge in [-0.2, -0.15) is 0 Å². The zero-order valence-corrected chi connectivity index (χ0v) is 53.7. The highest BCUT2D eigenvalue weighted by Crippen LogP contribution is 2.49. The molecule has 0 saturated heterocycles. The maximum atomic E-state index is 14.3. The third kappa shape index (κ3) is 17.9. The van der Waals surface area contributed by atoms with E-state index in [-0.39, 0.29) is 17.9 Å². The van der Waals surface area contributed by atoms with E-state index in [4.69, 9.17) is 14.2 Å². The number of fused-ring (bicyclic) bond motifs is 12. The van der Waals surface area contributed by atoms with Crippen LogP contribution in [0.2, 0.25) is 0 Å². The Bertz CT molecular complexity index is 2760. The molecule has 0 radical (unpaired) electrons. The van der Waals surface area contributed by atoms with Gasteiger partial charge in [0.1, 0.15) is 0 Å². The molecular formula is C75H111N3O6. The summed E-state index contributed by atoms with van der Waals surface area (Å²) in [4.78, 5) is 43.0. The Morgan fingerprint density at radius 1 is 0.286 bits per heavy atom. The molecule has 0 fully saturated rings. The number of aryl methyl sites for hydroxylation is 3. The van der Waals surface area contributed by atoms with Crippen molar-refractivity contribution in [2.75, 3.05) is 19.8 Å². The maximum absolute atomic E-state index is 14.3. The fourth-order valence-electron chi connectivity index (χ4n) is 13.2. The number of ether oxygens (including phenoxy) is 3. The lowest BCUT2D eigenvalue weighted by molar-refractivity contribution is 0.0488. The summed E-state index contributed by atoms with van der Waals surface area (Å²) in [5.41, 5.74) is 8.43. The summed E-state index contributed by atoms with van der Waals surface area (Å²) in [6, 6.07) is 18.9. The first kappa shape index (κ1) is 66.2. The number of aromatic nitrogens is 3. The molecule has 9 nitrogen and oxygen atoms in total. The van der Waals surface area contributed by atoms with E-state index in [1.165, 1.54) is 135 Å². The number of esters is 3. The average Bonchev–Trinajstić information content (AvgIpc) is 1.93. The van der Waals surface area contributed by atoms with E-state index in [1.54, 1.807) is 0 Å². The van der Waals surface area contributed by atoms with Gasteiger partial charge in [0.05, 0.1) is 53.1 Å². The molecule has 84 heavy (non-hydrogen) atoms. The molecule has 0 unspecified atom stereocenters. The van der Waals surface area contributed by atoms with Crippen LogP contribution >= 0.6 is 0 Å². The highest BCUT2D eigenvalue weighted by Gasteiger charge is 2.29. The third-order valence-corrected chi connectivity index (χ3v) is 18.0. The summed E-state index contributed by atoms with van der Waals surface area (Å²) in [5, 5.41) is 6.46. The van der Waals surface area contributed by atoms with Crippen LogP contribution in [0, 0.1) is 0 Å². The van der Waals surface area contributed by atoms with Crippen molar-refractivity contribution in [1.29, 1.82) is 0 Å². The average molecular weight is 1150 g/mol. The topological polar surface area (TPSA) is 93.7 Å². The third-order valence-electron chi connectivity index (χ3n) is 18.0. The van der Waals surface area contributed by atoms with Gasteiger partial charge >= 0.3 is 17.9 Å². The first-order valence-electron chi connectivity index (χ1n) is 34.8. The summed E-state index contributed by atoms with van der Waals surface area (Å²) >= 11 is 0. The molecule has 4 aromatic carbocycles. The molecule has 3 aromatic heterocycles. The lowest BCUT2D eigenvalue weighted by atomic mass is 10.00. The molecule has 0 bridgehead atoms. The van der Waals surface area contributed by atoms with Crippen LogP contribution in [0.25, 0.3) is 65.4 Å². The van der Waals surface area contributed by atoms with Crippen LogP contribution in [0.4, 0.5) is 0 Å². The number of carbonyl (C=O) groups excluding carboxylic acids is 3. The molecule has 0 aliphatic heterocycles. The molecule has 7 aromatic rings. The Labute approximate surface area is 506 Å². The minimum atomic E-state index is -0.281. The van der Waals surface area contributed by atoms with Crippen LogP contribution in [0.3, 0.4) is 0 Å². The van der Waals surface area contributed by atoms with Crippen molar-refractivity contribution in [3.05, 3.63) is 71.3 Å². The van der Waals surface area contributed by atoms with Crippen LogP contribution in [-0.4, -0.2) is 51.4 Å². The summed E-state index contributed by atoms with van der Waals surface area (Å²) in [6.45, 7) is 17.2. The standard InChI is InChI=1S/C75H111N3O6/c1-7-13-19-25-31-37-49-76-64-46-43-58(73(79)82-52-40-34-28-22-16-10-4)55-61(64)67-70(76)68-62-56-59(74(80)83-53-41-35-29-23-17-11-5)44-47-65(62)77(50-38-32-26-20-14-8-2)72(68)69-63-57-60(75(81)84-54-42-36-30-24-18-12-6)45-48-66(63)78(71(67)69)51-39-33-27-21-15-9-3/h43-48,55-57H,7-42,49-54H2,1-6H3. The Morgan fingerprint density at radius 3 is 0.738 bits per heavy atom. The minimum Gasteiger partial charge on any atom is -0.462 e. The lowest BCUT2D eigenvalue weighted by Crippen LogP contribution is -2.06. The van der Waals surface area contributed by atoms with E-state index in [0.29, 0.717) is 36.5 Å². The summed E-state index contributed by atoms with van der Waals surface area (Å²) in [6.07, 6.45) is 41.2. The van der Waals surface area contributed by atoms with Crippen LogP contribution in [0.15, 0.2) is 54.6 Å². The fourth-order valence-corrected chi connectivity index (χ4v) is 13.2. The predicted octanol–water partition coefficient (Wildman–Crippen LogP) is 22.6. The molecule has 0 aliphatic carbocycles. The lowest BCUT2D eigenvalue weighted by Gasteiger charge is -2.13. The van der Waals surface area contributed by atoms with Gasteiger partial charge in [0, 0.05) is 68.5 Å². The highest BCUT2D eigenvalue weighted by atomic mass is 16.5. The van der Waals surface area contributed by atoms with E-state index in [2.05, 4.69) is 91.6 Å². The Kier molecular flexibility index (Phi) is 28.9. The van der Waals surface area contributed by atoms with Gasteiger partial charge in [0.2, 0.25) is 0 Å². The van der Waals surface area contributed by atoms with Gasteiger partial charge in [-0.05, 0) is 93.1 Å². The Morgan fingerprint density at radius 2 is 0.500 bits per heavy atom. The first-order chi connectivity index (χ1) is 41.3. The van der Waals surface area contributed by atoms with Crippen molar-refractivity contribution in [3.8, 4) is 0 Å². The van der Waals surface area contributed by atoms with Gasteiger partial charge in [-0.1, -0.05) is 234 Å². The Balaban J connectivity index is 1.52. The van der Waals surface area contributed by atoms with Crippen LogP contribution in [0.1, 0.15) is 304 Å². The van der Waals surface area contributed by atoms with Crippen molar-refractivity contribution < 1.29 is 28.6 Å². The van der Waals surface area contributed by atoms with Crippen LogP contribution in [-0.2, 0) is 33.8 Å². The van der Waals surface area contributed by atoms with Gasteiger partial charge in [-0.25, -0.2) is 14.4 Å². The number of carbonyl (C=O) groups is 3. The fraction of sp³-hybridized carbons (Fsp3) is 0.640. The molecule has 7 rings (SSSR count). The summed E-state index contributed by atoms with van der Waals surface area (Å²) in [5.74, 6) is -0.844. The van der Waals surface area contributed by atoms with E-state index < -0.39 is 0 Å². The van der Waals surface area contributed by atoms with Crippen molar-refractivity contribution >= 4 is 83.3 Å². The van der Waals surface area contributed by atoms with Gasteiger partial charge in [-0.3, -0.25) is 0 Å². The van der Waals surface area contributed by atoms with Crippen molar-refractivity contribution in [1.82, 2.24) is 13.7 Å². The number of unbranched alkanes of at least 4 members (excludes halogenated alkanes) is 30. The summed E-state index contributed by atoms with van der Waals surface area (Å²) < 4.78 is 26.1.